The van der Waals surface area contributed by atoms with Gasteiger partial charge in [0.1, 0.15) is 5.75 Å². The largest absolute Gasteiger partial charge is 0.496 e. The molecule has 76 valence electrons. The summed E-state index contributed by atoms with van der Waals surface area (Å²) >= 11 is 5.75. The summed E-state index contributed by atoms with van der Waals surface area (Å²) in [6.45, 7) is 3.43. The number of ketones is 1. The molecule has 0 aliphatic heterocycles. The van der Waals surface area contributed by atoms with Crippen molar-refractivity contribution in [1.82, 2.24) is 0 Å². The topological polar surface area (TPSA) is 26.3 Å². The number of halogens is 1. The van der Waals surface area contributed by atoms with Crippen LogP contribution in [0.5, 0.6) is 5.75 Å². The lowest BCUT2D eigenvalue weighted by atomic mass is 10.0. The molecule has 1 aromatic carbocycles. The molecule has 0 atom stereocenters. The third kappa shape index (κ3) is 2.07. The summed E-state index contributed by atoms with van der Waals surface area (Å²) in [6, 6.07) is 3.64. The minimum absolute atomic E-state index is 0.0523. The molecule has 0 heterocycles. The van der Waals surface area contributed by atoms with Crippen LogP contribution in [0.1, 0.15) is 28.4 Å². The van der Waals surface area contributed by atoms with Crippen molar-refractivity contribution < 1.29 is 9.53 Å². The number of aryl methyl sites for hydroxylation is 1. The predicted octanol–water partition coefficient (Wildman–Crippen LogP) is 2.95. The predicted molar refractivity (Wildman–Crippen MR) is 57.3 cm³/mol. The molecule has 0 fully saturated rings. The van der Waals surface area contributed by atoms with Gasteiger partial charge in [-0.25, -0.2) is 0 Å². The Hall–Kier alpha value is -1.02. The normalized spacial score (nSPS) is 10.0. The van der Waals surface area contributed by atoms with E-state index in [9.17, 15) is 4.79 Å². The first-order chi connectivity index (χ1) is 6.60. The number of carbonyl (C=O) groups excluding carboxylic acids is 1. The number of carbonyl (C=O) groups is 1. The van der Waals surface area contributed by atoms with E-state index in [0.717, 1.165) is 16.9 Å². The Morgan fingerprint density at radius 2 is 2.14 bits per heavy atom. The van der Waals surface area contributed by atoms with Crippen LogP contribution < -0.4 is 4.74 Å². The van der Waals surface area contributed by atoms with Crippen molar-refractivity contribution in [2.45, 2.75) is 19.7 Å². The number of rotatable bonds is 3. The van der Waals surface area contributed by atoms with E-state index in [2.05, 4.69) is 0 Å². The van der Waals surface area contributed by atoms with Gasteiger partial charge in [-0.15, -0.1) is 11.6 Å². The Bertz CT molecular complexity index is 359. The van der Waals surface area contributed by atoms with Crippen molar-refractivity contribution in [1.29, 1.82) is 0 Å². The minimum atomic E-state index is 0.0523. The molecule has 0 N–H and O–H groups in total. The average Bonchev–Trinajstić information content (AvgIpc) is 2.16. The van der Waals surface area contributed by atoms with Crippen LogP contribution >= 0.6 is 11.6 Å². The highest BCUT2D eigenvalue weighted by Crippen LogP contribution is 2.25. The number of alkyl halides is 1. The molecular weight excluding hydrogens is 200 g/mol. The van der Waals surface area contributed by atoms with E-state index in [1.807, 2.05) is 13.0 Å². The Kier molecular flexibility index (Phi) is 3.53. The second kappa shape index (κ2) is 4.47. The summed E-state index contributed by atoms with van der Waals surface area (Å²) in [5, 5.41) is 0. The van der Waals surface area contributed by atoms with Crippen molar-refractivity contribution in [2.75, 3.05) is 7.11 Å². The van der Waals surface area contributed by atoms with Gasteiger partial charge in [0.05, 0.1) is 13.0 Å². The van der Waals surface area contributed by atoms with Crippen molar-refractivity contribution in [3.05, 3.63) is 28.8 Å². The highest BCUT2D eigenvalue weighted by Gasteiger charge is 2.09. The van der Waals surface area contributed by atoms with E-state index in [1.54, 1.807) is 20.1 Å². The Morgan fingerprint density at radius 3 is 2.57 bits per heavy atom. The molecule has 0 aliphatic rings. The number of ether oxygens (including phenoxy) is 1. The van der Waals surface area contributed by atoms with Crippen LogP contribution in [0.2, 0.25) is 0 Å². The number of Topliss-reactive ketones (excluding diaryl/α,β-unsaturated/α-hetero) is 1. The first-order valence-electron chi connectivity index (χ1n) is 4.34. The molecule has 0 saturated heterocycles. The van der Waals surface area contributed by atoms with Crippen LogP contribution in [-0.2, 0) is 5.88 Å². The van der Waals surface area contributed by atoms with Crippen LogP contribution in [0.4, 0.5) is 0 Å². The van der Waals surface area contributed by atoms with Gasteiger partial charge in [-0.1, -0.05) is 0 Å². The molecule has 0 radical (unpaired) electrons. The van der Waals surface area contributed by atoms with Gasteiger partial charge in [0.25, 0.3) is 0 Å². The highest BCUT2D eigenvalue weighted by molar-refractivity contribution is 6.17. The van der Waals surface area contributed by atoms with Crippen molar-refractivity contribution in [3.63, 3.8) is 0 Å². The zero-order chi connectivity index (χ0) is 10.7. The quantitative estimate of drug-likeness (QED) is 0.569. The van der Waals surface area contributed by atoms with E-state index in [0.29, 0.717) is 11.4 Å². The van der Waals surface area contributed by atoms with E-state index in [4.69, 9.17) is 16.3 Å². The van der Waals surface area contributed by atoms with E-state index in [-0.39, 0.29) is 5.78 Å². The molecule has 0 aromatic heterocycles. The summed E-state index contributed by atoms with van der Waals surface area (Å²) in [7, 11) is 1.60. The van der Waals surface area contributed by atoms with E-state index < -0.39 is 0 Å². The van der Waals surface area contributed by atoms with Crippen molar-refractivity contribution in [3.8, 4) is 5.75 Å². The lowest BCUT2D eigenvalue weighted by Crippen LogP contribution is -2.00. The molecule has 2 nitrogen and oxygen atoms in total. The lowest BCUT2D eigenvalue weighted by Gasteiger charge is -2.10. The molecule has 0 bridgehead atoms. The van der Waals surface area contributed by atoms with Gasteiger partial charge in [-0.3, -0.25) is 4.79 Å². The van der Waals surface area contributed by atoms with Gasteiger partial charge in [-0.05, 0) is 31.5 Å². The molecular formula is C11H13ClO2. The Labute approximate surface area is 88.8 Å². The maximum Gasteiger partial charge on any atom is 0.160 e. The molecule has 0 unspecified atom stereocenters. The van der Waals surface area contributed by atoms with Crippen LogP contribution in [0, 0.1) is 6.92 Å². The third-order valence-corrected chi connectivity index (χ3v) is 2.44. The third-order valence-electron chi connectivity index (χ3n) is 2.15. The molecule has 0 aliphatic carbocycles. The lowest BCUT2D eigenvalue weighted by molar-refractivity contribution is 0.101. The number of hydrogen-bond donors (Lipinski definition) is 0. The zero-order valence-corrected chi connectivity index (χ0v) is 9.31. The van der Waals surface area contributed by atoms with Crippen molar-refractivity contribution >= 4 is 17.4 Å². The SMILES string of the molecule is COc1cc(C)c(C(C)=O)cc1CCl. The fourth-order valence-electron chi connectivity index (χ4n) is 1.40. The van der Waals surface area contributed by atoms with Gasteiger partial charge < -0.3 is 4.74 Å². The second-order valence-electron chi connectivity index (χ2n) is 3.17. The van der Waals surface area contributed by atoms with Gasteiger partial charge in [0, 0.05) is 11.1 Å². The van der Waals surface area contributed by atoms with E-state index in [1.165, 1.54) is 0 Å². The summed E-state index contributed by atoms with van der Waals surface area (Å²) in [5.41, 5.74) is 2.48. The van der Waals surface area contributed by atoms with Gasteiger partial charge in [0.15, 0.2) is 5.78 Å². The molecule has 3 heteroatoms. The number of methoxy groups -OCH3 is 1. The van der Waals surface area contributed by atoms with Crippen LogP contribution in [0.15, 0.2) is 12.1 Å². The molecule has 1 aromatic rings. The van der Waals surface area contributed by atoms with Gasteiger partial charge >= 0.3 is 0 Å². The summed E-state index contributed by atoms with van der Waals surface area (Å²) in [5.74, 6) is 1.14. The first kappa shape index (κ1) is 11.1. The molecule has 0 amide bonds. The molecule has 0 saturated carbocycles. The standard InChI is InChI=1S/C11H13ClO2/c1-7-4-11(14-3)9(6-12)5-10(7)8(2)13/h4-5H,6H2,1-3H3. The van der Waals surface area contributed by atoms with Gasteiger partial charge in [-0.2, -0.15) is 0 Å². The minimum Gasteiger partial charge on any atom is -0.496 e. The monoisotopic (exact) mass is 212 g/mol. The smallest absolute Gasteiger partial charge is 0.160 e. The summed E-state index contributed by atoms with van der Waals surface area (Å²) < 4.78 is 5.16. The van der Waals surface area contributed by atoms with Crippen LogP contribution in [0.25, 0.3) is 0 Å². The maximum atomic E-state index is 11.3. The molecule has 1 rings (SSSR count). The van der Waals surface area contributed by atoms with Crippen LogP contribution in [0.3, 0.4) is 0 Å². The van der Waals surface area contributed by atoms with Crippen molar-refractivity contribution in [2.24, 2.45) is 0 Å². The zero-order valence-electron chi connectivity index (χ0n) is 8.56. The summed E-state index contributed by atoms with van der Waals surface area (Å²) in [6.07, 6.45) is 0. The molecule has 0 spiro atoms. The number of hydrogen-bond acceptors (Lipinski definition) is 2. The number of benzene rings is 1. The maximum absolute atomic E-state index is 11.3. The first-order valence-corrected chi connectivity index (χ1v) is 4.88. The fraction of sp³-hybridized carbons (Fsp3) is 0.364. The summed E-state index contributed by atoms with van der Waals surface area (Å²) in [4.78, 5) is 11.3. The Morgan fingerprint density at radius 1 is 1.50 bits per heavy atom. The van der Waals surface area contributed by atoms with Crippen LogP contribution in [-0.4, -0.2) is 12.9 Å². The Balaban J connectivity index is 3.30. The fourth-order valence-corrected chi connectivity index (χ4v) is 1.61. The molecule has 14 heavy (non-hydrogen) atoms. The second-order valence-corrected chi connectivity index (χ2v) is 3.44. The average molecular weight is 213 g/mol. The van der Waals surface area contributed by atoms with E-state index >= 15 is 0 Å². The highest BCUT2D eigenvalue weighted by atomic mass is 35.5. The van der Waals surface area contributed by atoms with Gasteiger partial charge in [0.2, 0.25) is 0 Å².